The Morgan fingerprint density at radius 2 is 2.05 bits per heavy atom. The Balaban J connectivity index is 2.80. The van der Waals surface area contributed by atoms with Crippen molar-refractivity contribution < 1.29 is 14.3 Å². The topological polar surface area (TPSA) is 83.7 Å². The number of nitriles is 1. The van der Waals surface area contributed by atoms with Gasteiger partial charge in [-0.25, -0.2) is 5.43 Å². The third-order valence-corrected chi connectivity index (χ3v) is 2.55. The van der Waals surface area contributed by atoms with Crippen LogP contribution in [0.5, 0.6) is 11.5 Å². The van der Waals surface area contributed by atoms with Gasteiger partial charge in [0.05, 0.1) is 25.5 Å². The van der Waals surface area contributed by atoms with Crippen molar-refractivity contribution in [2.45, 2.75) is 33.1 Å². The molecule has 0 spiro atoms. The lowest BCUT2D eigenvalue weighted by atomic mass is 10.2. The molecular weight excluding hydrogens is 282 g/mol. The normalized spacial score (nSPS) is 10.2. The second-order valence-electron chi connectivity index (χ2n) is 4.52. The largest absolute Gasteiger partial charge is 0.493 e. The van der Waals surface area contributed by atoms with E-state index < -0.39 is 5.91 Å². The summed E-state index contributed by atoms with van der Waals surface area (Å²) in [5.74, 6) is 0.935. The standard InChI is InChI=1S/C16H21N3O3/c1-3-9-21-14-6-5-13(15(11-14)22-10-4-2)12-18-19-16(20)7-8-17/h5-6,11-12H,3-4,7,9-10H2,1-2H3,(H,19,20). The Morgan fingerprint density at radius 1 is 1.32 bits per heavy atom. The van der Waals surface area contributed by atoms with E-state index in [4.69, 9.17) is 14.7 Å². The van der Waals surface area contributed by atoms with Crippen molar-refractivity contribution >= 4 is 12.1 Å². The molecule has 1 aromatic rings. The van der Waals surface area contributed by atoms with Gasteiger partial charge in [0.15, 0.2) is 0 Å². The molecule has 1 aromatic carbocycles. The van der Waals surface area contributed by atoms with Gasteiger partial charge >= 0.3 is 0 Å². The van der Waals surface area contributed by atoms with Crippen molar-refractivity contribution in [1.82, 2.24) is 5.43 Å². The predicted octanol–water partition coefficient (Wildman–Crippen LogP) is 2.63. The Kier molecular flexibility index (Phi) is 8.13. The lowest BCUT2D eigenvalue weighted by Gasteiger charge is -2.11. The van der Waals surface area contributed by atoms with Crippen LogP contribution in [0.1, 0.15) is 38.7 Å². The number of hydrogen-bond donors (Lipinski definition) is 1. The Morgan fingerprint density at radius 3 is 2.73 bits per heavy atom. The molecular formula is C16H21N3O3. The fourth-order valence-corrected chi connectivity index (χ4v) is 1.55. The smallest absolute Gasteiger partial charge is 0.254 e. The lowest BCUT2D eigenvalue weighted by molar-refractivity contribution is -0.120. The van der Waals surface area contributed by atoms with Gasteiger partial charge in [0.2, 0.25) is 0 Å². The third kappa shape index (κ3) is 6.27. The minimum atomic E-state index is -0.447. The molecule has 22 heavy (non-hydrogen) atoms. The molecule has 0 aromatic heterocycles. The summed E-state index contributed by atoms with van der Waals surface area (Å²) in [5, 5.41) is 12.2. The highest BCUT2D eigenvalue weighted by atomic mass is 16.5. The van der Waals surface area contributed by atoms with Gasteiger partial charge < -0.3 is 9.47 Å². The van der Waals surface area contributed by atoms with Crippen LogP contribution in [0.4, 0.5) is 0 Å². The van der Waals surface area contributed by atoms with Gasteiger partial charge in [-0.05, 0) is 25.0 Å². The van der Waals surface area contributed by atoms with Gasteiger partial charge in [-0.15, -0.1) is 0 Å². The maximum atomic E-state index is 11.2. The molecule has 0 saturated heterocycles. The summed E-state index contributed by atoms with van der Waals surface area (Å²) in [6, 6.07) is 7.21. The fourth-order valence-electron chi connectivity index (χ4n) is 1.55. The van der Waals surface area contributed by atoms with Crippen LogP contribution < -0.4 is 14.9 Å². The summed E-state index contributed by atoms with van der Waals surface area (Å²) < 4.78 is 11.3. The quantitative estimate of drug-likeness (QED) is 0.561. The molecule has 118 valence electrons. The highest BCUT2D eigenvalue weighted by Crippen LogP contribution is 2.24. The number of nitrogens with zero attached hydrogens (tertiary/aromatic N) is 2. The first-order valence-corrected chi connectivity index (χ1v) is 7.29. The van der Waals surface area contributed by atoms with E-state index in [9.17, 15) is 4.79 Å². The number of ether oxygens (including phenoxy) is 2. The molecule has 0 aliphatic carbocycles. The fraction of sp³-hybridized carbons (Fsp3) is 0.438. The van der Waals surface area contributed by atoms with E-state index in [-0.39, 0.29) is 6.42 Å². The van der Waals surface area contributed by atoms with Gasteiger partial charge in [0, 0.05) is 11.6 Å². The second-order valence-corrected chi connectivity index (χ2v) is 4.52. The number of hydrazone groups is 1. The van der Waals surface area contributed by atoms with Crippen LogP contribution in [0, 0.1) is 11.3 Å². The lowest BCUT2D eigenvalue weighted by Crippen LogP contribution is -2.16. The number of carbonyl (C=O) groups excluding carboxylic acids is 1. The van der Waals surface area contributed by atoms with Gasteiger partial charge in [-0.2, -0.15) is 10.4 Å². The van der Waals surface area contributed by atoms with E-state index in [2.05, 4.69) is 10.5 Å². The molecule has 1 rings (SSSR count). The van der Waals surface area contributed by atoms with Gasteiger partial charge in [-0.3, -0.25) is 4.79 Å². The first kappa shape index (κ1) is 17.5. The summed E-state index contributed by atoms with van der Waals surface area (Å²) in [7, 11) is 0. The zero-order chi connectivity index (χ0) is 16.2. The van der Waals surface area contributed by atoms with E-state index >= 15 is 0 Å². The van der Waals surface area contributed by atoms with Crippen LogP contribution in [0.2, 0.25) is 0 Å². The Bertz CT molecular complexity index is 550. The first-order chi connectivity index (χ1) is 10.7. The molecule has 0 bridgehead atoms. The number of hydrogen-bond acceptors (Lipinski definition) is 5. The van der Waals surface area contributed by atoms with Crippen LogP contribution in [0.25, 0.3) is 0 Å². The zero-order valence-electron chi connectivity index (χ0n) is 13.0. The summed E-state index contributed by atoms with van der Waals surface area (Å²) in [5.41, 5.74) is 3.02. The zero-order valence-corrected chi connectivity index (χ0v) is 13.0. The molecule has 0 saturated carbocycles. The number of carbonyl (C=O) groups is 1. The van der Waals surface area contributed by atoms with Gasteiger partial charge in [0.25, 0.3) is 5.91 Å². The van der Waals surface area contributed by atoms with Crippen LogP contribution in [-0.4, -0.2) is 25.3 Å². The molecule has 1 N–H and O–H groups in total. The summed E-state index contributed by atoms with van der Waals surface area (Å²) in [6.07, 6.45) is 3.08. The van der Waals surface area contributed by atoms with Gasteiger partial charge in [0.1, 0.15) is 17.9 Å². The summed E-state index contributed by atoms with van der Waals surface area (Å²) in [4.78, 5) is 11.2. The van der Waals surface area contributed by atoms with Crippen molar-refractivity contribution in [1.29, 1.82) is 5.26 Å². The van der Waals surface area contributed by atoms with Crippen LogP contribution in [0.3, 0.4) is 0 Å². The van der Waals surface area contributed by atoms with Crippen molar-refractivity contribution in [3.05, 3.63) is 23.8 Å². The number of benzene rings is 1. The minimum Gasteiger partial charge on any atom is -0.493 e. The first-order valence-electron chi connectivity index (χ1n) is 7.29. The van der Waals surface area contributed by atoms with E-state index in [0.29, 0.717) is 19.0 Å². The summed E-state index contributed by atoms with van der Waals surface area (Å²) in [6.45, 7) is 5.29. The maximum Gasteiger partial charge on any atom is 0.254 e. The summed E-state index contributed by atoms with van der Waals surface area (Å²) >= 11 is 0. The predicted molar refractivity (Wildman–Crippen MR) is 84.0 cm³/mol. The van der Waals surface area contributed by atoms with E-state index in [1.165, 1.54) is 6.21 Å². The average Bonchev–Trinajstić information content (AvgIpc) is 2.52. The highest BCUT2D eigenvalue weighted by molar-refractivity contribution is 5.85. The molecule has 0 unspecified atom stereocenters. The molecule has 0 aliphatic rings. The molecule has 0 fully saturated rings. The molecule has 0 atom stereocenters. The molecule has 6 nitrogen and oxygen atoms in total. The van der Waals surface area contributed by atoms with Crippen molar-refractivity contribution in [3.63, 3.8) is 0 Å². The molecule has 6 heteroatoms. The number of amides is 1. The number of nitrogens with one attached hydrogen (secondary N) is 1. The monoisotopic (exact) mass is 303 g/mol. The van der Waals surface area contributed by atoms with Crippen molar-refractivity contribution in [3.8, 4) is 17.6 Å². The Labute approximate surface area is 130 Å². The van der Waals surface area contributed by atoms with E-state index in [1.807, 2.05) is 32.0 Å². The minimum absolute atomic E-state index is 0.222. The van der Waals surface area contributed by atoms with Crippen LogP contribution in [-0.2, 0) is 4.79 Å². The van der Waals surface area contributed by atoms with E-state index in [1.54, 1.807) is 6.07 Å². The van der Waals surface area contributed by atoms with Crippen molar-refractivity contribution in [2.75, 3.05) is 13.2 Å². The van der Waals surface area contributed by atoms with Crippen molar-refractivity contribution in [2.24, 2.45) is 5.10 Å². The molecule has 0 radical (unpaired) electrons. The SMILES string of the molecule is CCCOc1ccc(C=NNC(=O)CC#N)c(OCCC)c1. The Hall–Kier alpha value is -2.55. The molecule has 1 amide bonds. The van der Waals surface area contributed by atoms with E-state index in [0.717, 1.165) is 24.2 Å². The second kappa shape index (κ2) is 10.2. The molecule has 0 heterocycles. The van der Waals surface area contributed by atoms with Crippen LogP contribution in [0.15, 0.2) is 23.3 Å². The van der Waals surface area contributed by atoms with Gasteiger partial charge in [-0.1, -0.05) is 13.8 Å². The molecule has 0 aliphatic heterocycles. The number of rotatable bonds is 9. The van der Waals surface area contributed by atoms with Crippen LogP contribution >= 0.6 is 0 Å². The average molecular weight is 303 g/mol. The highest BCUT2D eigenvalue weighted by Gasteiger charge is 2.05. The maximum absolute atomic E-state index is 11.2. The third-order valence-electron chi connectivity index (χ3n) is 2.55.